The molecule has 1 aromatic carbocycles. The number of alkyl halides is 3. The molecule has 0 saturated carbocycles. The molecule has 0 amide bonds. The smallest absolute Gasteiger partial charge is 0.384 e. The van der Waals surface area contributed by atoms with Crippen molar-refractivity contribution in [3.8, 4) is 0 Å². The van der Waals surface area contributed by atoms with Crippen molar-refractivity contribution < 1.29 is 18.3 Å². The van der Waals surface area contributed by atoms with Crippen molar-refractivity contribution in [2.24, 2.45) is 0 Å². The van der Waals surface area contributed by atoms with Crippen LogP contribution < -0.4 is 5.32 Å². The van der Waals surface area contributed by atoms with Gasteiger partial charge in [-0.05, 0) is 25.1 Å². The first kappa shape index (κ1) is 16.5. The van der Waals surface area contributed by atoms with Crippen molar-refractivity contribution in [3.05, 3.63) is 52.7 Å². The highest BCUT2D eigenvalue weighted by Gasteiger charge is 2.33. The van der Waals surface area contributed by atoms with Gasteiger partial charge in [0.15, 0.2) is 5.69 Å². The van der Waals surface area contributed by atoms with E-state index in [2.05, 4.69) is 15.5 Å². The lowest BCUT2D eigenvalue weighted by molar-refractivity contribution is -0.141. The van der Waals surface area contributed by atoms with E-state index in [0.717, 1.165) is 12.1 Å². The number of benzene rings is 1. The van der Waals surface area contributed by atoms with Gasteiger partial charge in [0, 0.05) is 17.1 Å². The number of rotatable bonds is 4. The first-order chi connectivity index (χ1) is 10.2. The van der Waals surface area contributed by atoms with Gasteiger partial charge in [-0.3, -0.25) is 0 Å². The summed E-state index contributed by atoms with van der Waals surface area (Å²) in [5.41, 5.74) is -1.89. The molecule has 0 aliphatic carbocycles. The van der Waals surface area contributed by atoms with E-state index in [0.29, 0.717) is 10.6 Å². The Morgan fingerprint density at radius 2 is 1.82 bits per heavy atom. The van der Waals surface area contributed by atoms with Crippen LogP contribution in [0.15, 0.2) is 36.4 Å². The Balaban J connectivity index is 2.08. The largest absolute Gasteiger partial charge is 0.435 e. The lowest BCUT2D eigenvalue weighted by Crippen LogP contribution is -2.31. The molecule has 1 aromatic heterocycles. The molecule has 1 heterocycles. The van der Waals surface area contributed by atoms with Crippen LogP contribution in [0.3, 0.4) is 0 Å². The average molecular weight is 332 g/mol. The standard InChI is InChI=1S/C14H13ClF3N3O/c1-13(22,9-4-2-3-5-10(9)15)8-19-12-7-6-11(20-21-12)14(16,17)18/h2-7,22H,8H2,1H3,(H,19,21). The van der Waals surface area contributed by atoms with Gasteiger partial charge >= 0.3 is 6.18 Å². The lowest BCUT2D eigenvalue weighted by atomic mass is 9.96. The molecule has 0 spiro atoms. The molecule has 2 N–H and O–H groups in total. The summed E-state index contributed by atoms with van der Waals surface area (Å²) in [6.45, 7) is 1.55. The Morgan fingerprint density at radius 1 is 1.14 bits per heavy atom. The SMILES string of the molecule is CC(O)(CNc1ccc(C(F)(F)F)nn1)c1ccccc1Cl. The van der Waals surface area contributed by atoms with Crippen molar-refractivity contribution in [1.29, 1.82) is 0 Å². The molecule has 0 saturated heterocycles. The first-order valence-electron chi connectivity index (χ1n) is 6.32. The van der Waals surface area contributed by atoms with E-state index in [9.17, 15) is 18.3 Å². The number of hydrogen-bond donors (Lipinski definition) is 2. The van der Waals surface area contributed by atoms with E-state index >= 15 is 0 Å². The average Bonchev–Trinajstić information content (AvgIpc) is 2.45. The predicted molar refractivity (Wildman–Crippen MR) is 76.5 cm³/mol. The van der Waals surface area contributed by atoms with E-state index in [1.165, 1.54) is 0 Å². The summed E-state index contributed by atoms with van der Waals surface area (Å²) >= 11 is 6.02. The predicted octanol–water partition coefficient (Wildman–Crippen LogP) is 3.47. The van der Waals surface area contributed by atoms with Gasteiger partial charge in [-0.2, -0.15) is 13.2 Å². The first-order valence-corrected chi connectivity index (χ1v) is 6.70. The molecule has 2 aromatic rings. The van der Waals surface area contributed by atoms with Crippen molar-refractivity contribution in [3.63, 3.8) is 0 Å². The van der Waals surface area contributed by atoms with Gasteiger partial charge < -0.3 is 10.4 Å². The summed E-state index contributed by atoms with van der Waals surface area (Å²) in [5, 5.41) is 20.1. The molecular weight excluding hydrogens is 319 g/mol. The van der Waals surface area contributed by atoms with Crippen LogP contribution in [0.2, 0.25) is 5.02 Å². The summed E-state index contributed by atoms with van der Waals surface area (Å²) in [7, 11) is 0. The van der Waals surface area contributed by atoms with Gasteiger partial charge in [0.2, 0.25) is 0 Å². The van der Waals surface area contributed by atoms with E-state index < -0.39 is 17.5 Å². The molecular formula is C14H13ClF3N3O. The maximum Gasteiger partial charge on any atom is 0.435 e. The quantitative estimate of drug-likeness (QED) is 0.900. The molecule has 0 fully saturated rings. The highest BCUT2D eigenvalue weighted by molar-refractivity contribution is 6.31. The Labute approximate surface area is 129 Å². The Kier molecular flexibility index (Phi) is 4.58. The number of halogens is 4. The minimum Gasteiger partial charge on any atom is -0.384 e. The van der Waals surface area contributed by atoms with Gasteiger partial charge in [0.1, 0.15) is 11.4 Å². The molecule has 0 aliphatic heterocycles. The van der Waals surface area contributed by atoms with Crippen LogP contribution in [0, 0.1) is 0 Å². The fraction of sp³-hybridized carbons (Fsp3) is 0.286. The molecule has 118 valence electrons. The Bertz CT molecular complexity index is 645. The summed E-state index contributed by atoms with van der Waals surface area (Å²) in [5.74, 6) is 0.125. The minimum absolute atomic E-state index is 0.0107. The topological polar surface area (TPSA) is 58.0 Å². The normalized spacial score (nSPS) is 14.5. The minimum atomic E-state index is -4.53. The monoisotopic (exact) mass is 331 g/mol. The third-order valence-electron chi connectivity index (χ3n) is 3.02. The molecule has 0 bridgehead atoms. The second-order valence-electron chi connectivity index (χ2n) is 4.91. The van der Waals surface area contributed by atoms with E-state index in [4.69, 9.17) is 11.6 Å². The molecule has 0 aliphatic rings. The van der Waals surface area contributed by atoms with Crippen LogP contribution >= 0.6 is 11.6 Å². The highest BCUT2D eigenvalue weighted by Crippen LogP contribution is 2.29. The summed E-state index contributed by atoms with van der Waals surface area (Å²) in [6, 6.07) is 8.74. The fourth-order valence-electron chi connectivity index (χ4n) is 1.83. The Hall–Kier alpha value is -1.86. The molecule has 0 radical (unpaired) electrons. The molecule has 4 nitrogen and oxygen atoms in total. The summed E-state index contributed by atoms with van der Waals surface area (Å²) in [4.78, 5) is 0. The van der Waals surface area contributed by atoms with Gasteiger partial charge in [0.25, 0.3) is 0 Å². The van der Waals surface area contributed by atoms with Crippen molar-refractivity contribution in [1.82, 2.24) is 10.2 Å². The van der Waals surface area contributed by atoms with Crippen LogP contribution in [0.5, 0.6) is 0 Å². The van der Waals surface area contributed by atoms with Gasteiger partial charge in [-0.15, -0.1) is 10.2 Å². The second-order valence-corrected chi connectivity index (χ2v) is 5.32. The van der Waals surface area contributed by atoms with Gasteiger partial charge in [-0.25, -0.2) is 0 Å². The number of hydrogen-bond acceptors (Lipinski definition) is 4. The molecule has 22 heavy (non-hydrogen) atoms. The van der Waals surface area contributed by atoms with Crippen molar-refractivity contribution >= 4 is 17.4 Å². The lowest BCUT2D eigenvalue weighted by Gasteiger charge is -2.25. The van der Waals surface area contributed by atoms with Crippen molar-refractivity contribution in [2.75, 3.05) is 11.9 Å². The number of nitrogens with one attached hydrogen (secondary N) is 1. The van der Waals surface area contributed by atoms with Crippen LogP contribution in [-0.4, -0.2) is 21.8 Å². The van der Waals surface area contributed by atoms with Crippen LogP contribution in [0.4, 0.5) is 19.0 Å². The van der Waals surface area contributed by atoms with Crippen molar-refractivity contribution in [2.45, 2.75) is 18.7 Å². The molecule has 1 atom stereocenters. The third-order valence-corrected chi connectivity index (χ3v) is 3.35. The summed E-state index contributed by atoms with van der Waals surface area (Å²) in [6.07, 6.45) is -4.53. The van der Waals surface area contributed by atoms with E-state index in [-0.39, 0.29) is 12.4 Å². The highest BCUT2D eigenvalue weighted by atomic mass is 35.5. The molecule has 8 heteroatoms. The van der Waals surface area contributed by atoms with Gasteiger partial charge in [0.05, 0.1) is 0 Å². The van der Waals surface area contributed by atoms with Crippen LogP contribution in [0.1, 0.15) is 18.2 Å². The number of aliphatic hydroxyl groups is 1. The summed E-state index contributed by atoms with van der Waals surface area (Å²) < 4.78 is 37.1. The number of aromatic nitrogens is 2. The van der Waals surface area contributed by atoms with E-state index in [1.54, 1.807) is 31.2 Å². The second kappa shape index (κ2) is 6.10. The number of anilines is 1. The molecule has 1 unspecified atom stereocenters. The van der Waals surface area contributed by atoms with Crippen LogP contribution in [0.25, 0.3) is 0 Å². The maximum absolute atomic E-state index is 12.4. The van der Waals surface area contributed by atoms with Gasteiger partial charge in [-0.1, -0.05) is 29.8 Å². The molecule has 2 rings (SSSR count). The third kappa shape index (κ3) is 3.86. The maximum atomic E-state index is 12.4. The Morgan fingerprint density at radius 3 is 2.36 bits per heavy atom. The van der Waals surface area contributed by atoms with Crippen LogP contribution in [-0.2, 0) is 11.8 Å². The van der Waals surface area contributed by atoms with E-state index in [1.807, 2.05) is 0 Å². The fourth-order valence-corrected chi connectivity index (χ4v) is 2.17. The number of nitrogens with zero attached hydrogens (tertiary/aromatic N) is 2. The zero-order chi connectivity index (χ0) is 16.4. The zero-order valence-corrected chi connectivity index (χ0v) is 12.3. The zero-order valence-electron chi connectivity index (χ0n) is 11.5.